The van der Waals surface area contributed by atoms with E-state index in [0.717, 1.165) is 52.9 Å². The molecule has 432 valence electrons. The van der Waals surface area contributed by atoms with Gasteiger partial charge in [-0.15, -0.1) is 0 Å². The van der Waals surface area contributed by atoms with Crippen molar-refractivity contribution in [3.8, 4) is 0 Å². The van der Waals surface area contributed by atoms with Gasteiger partial charge < -0.3 is 105 Å². The van der Waals surface area contributed by atoms with E-state index >= 15 is 0 Å². The minimum atomic E-state index is -5.40. The number of hydrogen-bond donors (Lipinski definition) is 13. The quantitative estimate of drug-likeness (QED) is 0.00864. The average molecular weight is 1130 g/mol. The molecule has 0 bridgehead atoms. The van der Waals surface area contributed by atoms with Crippen LogP contribution >= 0.6 is 0 Å². The molecule has 0 aromatic carbocycles. The molecule has 4 aliphatic rings. The van der Waals surface area contributed by atoms with Crippen molar-refractivity contribution in [1.29, 1.82) is 0 Å². The number of unbranched alkanes of at least 4 members (excludes halogenated alkanes) is 8. The van der Waals surface area contributed by atoms with Gasteiger partial charge in [-0.25, -0.2) is 8.42 Å². The average Bonchev–Trinajstić information content (AvgIpc) is 3.34. The first-order chi connectivity index (χ1) is 35.5. The zero-order valence-corrected chi connectivity index (χ0v) is 46.1. The minimum absolute atomic E-state index is 0. The van der Waals surface area contributed by atoms with Crippen LogP contribution in [0.5, 0.6) is 0 Å². The molecule has 0 spiro atoms. The Balaban J connectivity index is 0.0000152. The van der Waals surface area contributed by atoms with Gasteiger partial charge in [-0.2, -0.15) is 0 Å². The number of carbonyl (C=O) groups excluding carboxylic acids is 4. The van der Waals surface area contributed by atoms with Crippen LogP contribution in [0.25, 0.3) is 0 Å². The van der Waals surface area contributed by atoms with Crippen molar-refractivity contribution in [3.05, 3.63) is 24.3 Å². The van der Waals surface area contributed by atoms with Gasteiger partial charge in [-0.05, 0) is 44.6 Å². The van der Waals surface area contributed by atoms with Crippen molar-refractivity contribution < 1.29 is 145 Å². The van der Waals surface area contributed by atoms with Gasteiger partial charge in [0.05, 0.1) is 26.4 Å². The number of aliphatic hydroxyl groups excluding tert-OH is 9. The summed E-state index contributed by atoms with van der Waals surface area (Å²) in [6.07, 6.45) is -12.0. The summed E-state index contributed by atoms with van der Waals surface area (Å²) in [7, 11) is -5.40. The molecular weight excluding hydrogens is 1050 g/mol. The predicted molar refractivity (Wildman–Crippen MR) is 253 cm³/mol. The molecule has 0 radical (unpaired) electrons. The number of nitrogens with one attached hydrogen (secondary N) is 4. The Bertz CT molecular complexity index is 1960. The van der Waals surface area contributed by atoms with Crippen molar-refractivity contribution in [1.82, 2.24) is 21.3 Å². The molecule has 4 saturated heterocycles. The van der Waals surface area contributed by atoms with Gasteiger partial charge >= 0.3 is 29.6 Å². The molecule has 30 heteroatoms. The number of aliphatic hydroxyl groups is 9. The van der Waals surface area contributed by atoms with E-state index < -0.39 is 183 Å². The Labute approximate surface area is 463 Å². The summed E-state index contributed by atoms with van der Waals surface area (Å²) in [5.74, 6) is -3.13. The molecule has 20 atom stereocenters. The van der Waals surface area contributed by atoms with Crippen LogP contribution in [0.1, 0.15) is 91.9 Å². The number of amides is 4. The van der Waals surface area contributed by atoms with Crippen LogP contribution in [0.2, 0.25) is 0 Å². The van der Waals surface area contributed by atoms with E-state index in [1.165, 1.54) is 31.8 Å². The topological polar surface area (TPSA) is 430 Å². The smallest absolute Gasteiger partial charge is 0.726 e. The largest absolute Gasteiger partial charge is 1.00 e. The van der Waals surface area contributed by atoms with Crippen LogP contribution in [0, 0.1) is 0 Å². The Morgan fingerprint density at radius 1 is 0.526 bits per heavy atom. The first-order valence-electron chi connectivity index (χ1n) is 25.1. The molecule has 13 N–H and O–H groups in total. The predicted octanol–water partition coefficient (Wildman–Crippen LogP) is -7.67. The SMILES string of the molecule is CCCCCC/C=C\CCCCC/C=C/C(=O)N[C@H]1[C@H](O[C@H]2[C@H](O)[C@@H](NC(C)=O)[C@H](O[C@H]3[C@H](O)[C@@H](NC(C)=O)[C@H](O[C@H]4[C@H](O)[C@@H](NC(C)=O)C(O)O[C@@H]4COS(=O)(=O)[O-])O[C@@H]3CO)O[C@@H]2CO)O[C@H](CO)[C@@H](O)[C@@H]1O.[Na+]. The number of allylic oxidation sites excluding steroid dienone is 3. The summed E-state index contributed by atoms with van der Waals surface area (Å²) in [5.41, 5.74) is 0. The molecule has 0 aromatic rings. The first-order valence-corrected chi connectivity index (χ1v) is 26.4. The van der Waals surface area contributed by atoms with Gasteiger partial charge in [-0.3, -0.25) is 23.4 Å². The van der Waals surface area contributed by atoms with Crippen LogP contribution in [0.3, 0.4) is 0 Å². The van der Waals surface area contributed by atoms with E-state index in [9.17, 15) is 78.1 Å². The Hall–Kier alpha value is -2.41. The first kappa shape index (κ1) is 67.9. The van der Waals surface area contributed by atoms with Crippen LogP contribution in [-0.4, -0.2) is 232 Å². The number of rotatable bonds is 28. The standard InChI is InChI=1S/C46H78N4O24S.Na/c1-5-6-7-8-9-10-11-12-13-14-15-16-17-18-30(57)50-32-36(59)35(58)26(19-51)69-44(32)72-40-27(20-52)70-45(33(38(40)61)48-24(3)55)73-41-28(21-53)71-46(34(39(41)62)49-25(4)56)74-42-29(22-67-75(64,65)66)68-43(63)31(37(42)60)47-23(2)54;/h10-11,17-18,26-29,31-46,51-53,58-63H,5-9,12-16,19-22H2,1-4H3,(H,47,54)(H,48,55)(H,49,56)(H,50,57)(H,64,65,66);/q;+1/p-1/b11-10-,18-17+;/t26-,27-,28-,29-,31-,32-,33-,34-,35-,36-,37-,38-,39-,40-,41-,42-,43?,44+,45+,46+;/m1./s1. The zero-order chi connectivity index (χ0) is 55.6. The molecule has 0 saturated carbocycles. The monoisotopic (exact) mass is 1120 g/mol. The molecule has 28 nitrogen and oxygen atoms in total. The van der Waals surface area contributed by atoms with Crippen molar-refractivity contribution in [2.75, 3.05) is 26.4 Å². The van der Waals surface area contributed by atoms with Crippen LogP contribution in [-0.2, 0) is 66.9 Å². The van der Waals surface area contributed by atoms with E-state index in [2.05, 4.69) is 44.5 Å². The molecule has 4 rings (SSSR count). The van der Waals surface area contributed by atoms with Crippen molar-refractivity contribution >= 4 is 34.0 Å². The summed E-state index contributed by atoms with van der Waals surface area (Å²) in [6, 6.07) is -6.69. The fraction of sp³-hybridized carbons (Fsp3) is 0.826. The number of ether oxygens (including phenoxy) is 7. The molecule has 4 heterocycles. The molecule has 0 aromatic heterocycles. The van der Waals surface area contributed by atoms with Crippen LogP contribution in [0.15, 0.2) is 24.3 Å². The van der Waals surface area contributed by atoms with E-state index in [1.807, 2.05) is 0 Å². The summed E-state index contributed by atoms with van der Waals surface area (Å²) in [6.45, 7) is 1.25. The number of hydrogen-bond acceptors (Lipinski definition) is 24. The fourth-order valence-corrected chi connectivity index (χ4v) is 9.40. The van der Waals surface area contributed by atoms with E-state index in [4.69, 9.17) is 33.2 Å². The van der Waals surface area contributed by atoms with E-state index in [1.54, 1.807) is 6.08 Å². The summed E-state index contributed by atoms with van der Waals surface area (Å²) in [5, 5.41) is 108. The maximum Gasteiger partial charge on any atom is 1.00 e. The fourth-order valence-electron chi connectivity index (χ4n) is 9.10. The molecule has 76 heavy (non-hydrogen) atoms. The second kappa shape index (κ2) is 33.4. The molecule has 4 fully saturated rings. The maximum absolute atomic E-state index is 13.2. The third kappa shape index (κ3) is 20.3. The summed E-state index contributed by atoms with van der Waals surface area (Å²) < 4.78 is 79.5. The normalized spacial score (nSPS) is 36.1. The van der Waals surface area contributed by atoms with Gasteiger partial charge in [0.15, 0.2) is 25.2 Å². The summed E-state index contributed by atoms with van der Waals surface area (Å²) in [4.78, 5) is 50.3. The summed E-state index contributed by atoms with van der Waals surface area (Å²) >= 11 is 0. The van der Waals surface area contributed by atoms with Crippen molar-refractivity contribution in [2.24, 2.45) is 0 Å². The Morgan fingerprint density at radius 2 is 0.921 bits per heavy atom. The van der Waals surface area contributed by atoms with Crippen LogP contribution in [0.4, 0.5) is 0 Å². The van der Waals surface area contributed by atoms with Crippen molar-refractivity contribution in [2.45, 2.75) is 214 Å². The minimum Gasteiger partial charge on any atom is -0.726 e. The van der Waals surface area contributed by atoms with Gasteiger partial charge in [0.2, 0.25) is 34.0 Å². The third-order valence-electron chi connectivity index (χ3n) is 12.9. The van der Waals surface area contributed by atoms with E-state index in [-0.39, 0.29) is 29.6 Å². The number of carbonyl (C=O) groups is 4. The molecular formula is C46H77N4NaO24S. The molecule has 0 aliphatic carbocycles. The zero-order valence-electron chi connectivity index (χ0n) is 43.3. The second-order valence-corrected chi connectivity index (χ2v) is 19.8. The Kier molecular flexibility index (Phi) is 29.8. The van der Waals surface area contributed by atoms with Gasteiger partial charge in [0.1, 0.15) is 97.4 Å². The van der Waals surface area contributed by atoms with Crippen molar-refractivity contribution in [3.63, 3.8) is 0 Å². The third-order valence-corrected chi connectivity index (χ3v) is 13.3. The van der Waals surface area contributed by atoms with Gasteiger partial charge in [0, 0.05) is 20.8 Å². The molecule has 4 amide bonds. The molecule has 1 unspecified atom stereocenters. The second-order valence-electron chi connectivity index (χ2n) is 18.8. The maximum atomic E-state index is 13.2. The van der Waals surface area contributed by atoms with Gasteiger partial charge in [0.25, 0.3) is 0 Å². The Morgan fingerprint density at radius 3 is 1.36 bits per heavy atom. The molecule has 4 aliphatic heterocycles. The van der Waals surface area contributed by atoms with Gasteiger partial charge in [-0.1, -0.05) is 50.8 Å². The van der Waals surface area contributed by atoms with E-state index in [0.29, 0.717) is 6.42 Å². The van der Waals surface area contributed by atoms with Crippen LogP contribution < -0.4 is 50.8 Å².